The van der Waals surface area contributed by atoms with Gasteiger partial charge in [-0.2, -0.15) is 0 Å². The molecule has 2 N–H and O–H groups in total. The highest BCUT2D eigenvalue weighted by atomic mass is 35.5. The number of carboxylic acid groups (broad SMARTS) is 1. The SMILES string of the molecule is O=C(O)c1coc(CNc2ccccc2Cl)c1. The Kier molecular flexibility index (Phi) is 3.35. The minimum Gasteiger partial charge on any atom is -0.478 e. The number of carbonyl (C=O) groups is 1. The molecule has 0 amide bonds. The fourth-order valence-electron chi connectivity index (χ4n) is 1.37. The molecule has 88 valence electrons. The standard InChI is InChI=1S/C12H10ClNO3/c13-10-3-1-2-4-11(10)14-6-9-5-8(7-17-9)12(15)16/h1-5,7,14H,6H2,(H,15,16). The van der Waals surface area contributed by atoms with E-state index in [0.717, 1.165) is 5.69 Å². The molecular weight excluding hydrogens is 242 g/mol. The molecule has 0 fully saturated rings. The van der Waals surface area contributed by atoms with E-state index in [-0.39, 0.29) is 5.56 Å². The Morgan fingerprint density at radius 2 is 2.18 bits per heavy atom. The summed E-state index contributed by atoms with van der Waals surface area (Å²) in [7, 11) is 0. The van der Waals surface area contributed by atoms with E-state index in [1.54, 1.807) is 6.07 Å². The lowest BCUT2D eigenvalue weighted by Crippen LogP contribution is -1.98. The van der Waals surface area contributed by atoms with Gasteiger partial charge in [-0.05, 0) is 18.2 Å². The van der Waals surface area contributed by atoms with Crippen molar-refractivity contribution in [3.8, 4) is 0 Å². The summed E-state index contributed by atoms with van der Waals surface area (Å²) in [5.74, 6) is -0.458. The Balaban J connectivity index is 2.02. The number of benzene rings is 1. The van der Waals surface area contributed by atoms with Crippen molar-refractivity contribution in [2.24, 2.45) is 0 Å². The summed E-state index contributed by atoms with van der Waals surface area (Å²) < 4.78 is 5.10. The highest BCUT2D eigenvalue weighted by Gasteiger charge is 2.08. The van der Waals surface area contributed by atoms with Gasteiger partial charge in [0, 0.05) is 0 Å². The smallest absolute Gasteiger partial charge is 0.338 e. The molecule has 1 aromatic heterocycles. The maximum atomic E-state index is 10.6. The molecular formula is C12H10ClNO3. The minimum atomic E-state index is -1.00. The lowest BCUT2D eigenvalue weighted by atomic mass is 10.3. The summed E-state index contributed by atoms with van der Waals surface area (Å²) >= 11 is 5.96. The largest absolute Gasteiger partial charge is 0.478 e. The van der Waals surface area contributed by atoms with Crippen LogP contribution in [0.25, 0.3) is 0 Å². The molecule has 0 saturated carbocycles. The lowest BCUT2D eigenvalue weighted by molar-refractivity contribution is 0.0696. The van der Waals surface area contributed by atoms with Crippen LogP contribution in [0.2, 0.25) is 5.02 Å². The van der Waals surface area contributed by atoms with Crippen molar-refractivity contribution < 1.29 is 14.3 Å². The first-order valence-corrected chi connectivity index (χ1v) is 5.33. The number of para-hydroxylation sites is 1. The summed E-state index contributed by atoms with van der Waals surface area (Å²) in [6.07, 6.45) is 1.21. The van der Waals surface area contributed by atoms with Crippen molar-refractivity contribution in [1.82, 2.24) is 0 Å². The van der Waals surface area contributed by atoms with Gasteiger partial charge in [0.1, 0.15) is 12.0 Å². The van der Waals surface area contributed by atoms with Gasteiger partial charge >= 0.3 is 5.97 Å². The number of anilines is 1. The van der Waals surface area contributed by atoms with Gasteiger partial charge in [0.05, 0.1) is 22.8 Å². The Morgan fingerprint density at radius 1 is 1.41 bits per heavy atom. The summed E-state index contributed by atoms with van der Waals surface area (Å²) in [5.41, 5.74) is 0.920. The van der Waals surface area contributed by atoms with Gasteiger partial charge in [-0.3, -0.25) is 0 Å². The van der Waals surface area contributed by atoms with Crippen LogP contribution in [-0.4, -0.2) is 11.1 Å². The fraction of sp³-hybridized carbons (Fsp3) is 0.0833. The van der Waals surface area contributed by atoms with Crippen molar-refractivity contribution in [3.05, 3.63) is 52.9 Å². The van der Waals surface area contributed by atoms with Gasteiger partial charge in [0.15, 0.2) is 0 Å². The normalized spacial score (nSPS) is 10.2. The van der Waals surface area contributed by atoms with E-state index in [9.17, 15) is 4.79 Å². The molecule has 0 radical (unpaired) electrons. The van der Waals surface area contributed by atoms with Crippen LogP contribution in [0.4, 0.5) is 5.69 Å². The lowest BCUT2D eigenvalue weighted by Gasteiger charge is -2.05. The molecule has 0 unspecified atom stereocenters. The van der Waals surface area contributed by atoms with E-state index in [4.69, 9.17) is 21.1 Å². The monoisotopic (exact) mass is 251 g/mol. The number of carboxylic acids is 1. The Bertz CT molecular complexity index is 536. The van der Waals surface area contributed by atoms with Crippen molar-refractivity contribution in [1.29, 1.82) is 0 Å². The van der Waals surface area contributed by atoms with Crippen LogP contribution in [-0.2, 0) is 6.54 Å². The maximum absolute atomic E-state index is 10.6. The molecule has 17 heavy (non-hydrogen) atoms. The summed E-state index contributed by atoms with van der Waals surface area (Å²) in [6, 6.07) is 8.78. The van der Waals surface area contributed by atoms with Crippen molar-refractivity contribution in [3.63, 3.8) is 0 Å². The van der Waals surface area contributed by atoms with Gasteiger partial charge < -0.3 is 14.8 Å². The van der Waals surface area contributed by atoms with E-state index in [1.807, 2.05) is 18.2 Å². The third kappa shape index (κ3) is 2.79. The van der Waals surface area contributed by atoms with Crippen LogP contribution in [0, 0.1) is 0 Å². The van der Waals surface area contributed by atoms with Crippen molar-refractivity contribution in [2.45, 2.75) is 6.54 Å². The molecule has 0 bridgehead atoms. The molecule has 0 aliphatic heterocycles. The third-order valence-corrected chi connectivity index (χ3v) is 2.56. The average Bonchev–Trinajstić information content (AvgIpc) is 2.77. The fourth-order valence-corrected chi connectivity index (χ4v) is 1.57. The molecule has 1 aromatic carbocycles. The van der Waals surface area contributed by atoms with Crippen molar-refractivity contribution >= 4 is 23.3 Å². The van der Waals surface area contributed by atoms with E-state index < -0.39 is 5.97 Å². The van der Waals surface area contributed by atoms with Crippen LogP contribution in [0.1, 0.15) is 16.1 Å². The number of furan rings is 1. The van der Waals surface area contributed by atoms with Gasteiger partial charge in [0.2, 0.25) is 0 Å². The number of halogens is 1. The summed E-state index contributed by atoms with van der Waals surface area (Å²) in [5, 5.41) is 12.4. The Morgan fingerprint density at radius 3 is 2.82 bits per heavy atom. The second kappa shape index (κ2) is 4.93. The molecule has 0 spiro atoms. The van der Waals surface area contributed by atoms with Gasteiger partial charge in [-0.1, -0.05) is 23.7 Å². The molecule has 0 aliphatic carbocycles. The zero-order valence-corrected chi connectivity index (χ0v) is 9.57. The quantitative estimate of drug-likeness (QED) is 0.876. The molecule has 2 rings (SSSR count). The molecule has 0 saturated heterocycles. The second-order valence-corrected chi connectivity index (χ2v) is 3.85. The first-order chi connectivity index (χ1) is 8.16. The summed E-state index contributed by atoms with van der Waals surface area (Å²) in [6.45, 7) is 0.386. The summed E-state index contributed by atoms with van der Waals surface area (Å²) in [4.78, 5) is 10.6. The number of aromatic carboxylic acids is 1. The highest BCUT2D eigenvalue weighted by Crippen LogP contribution is 2.21. The first kappa shape index (κ1) is 11.5. The average molecular weight is 252 g/mol. The Labute approximate surface area is 103 Å². The number of hydrogen-bond acceptors (Lipinski definition) is 3. The van der Waals surface area contributed by atoms with E-state index in [1.165, 1.54) is 12.3 Å². The predicted molar refractivity (Wildman–Crippen MR) is 64.4 cm³/mol. The predicted octanol–water partition coefficient (Wildman–Crippen LogP) is 3.24. The van der Waals surface area contributed by atoms with Gasteiger partial charge in [-0.25, -0.2) is 4.79 Å². The number of rotatable bonds is 4. The van der Waals surface area contributed by atoms with Crippen LogP contribution in [0.5, 0.6) is 0 Å². The highest BCUT2D eigenvalue weighted by molar-refractivity contribution is 6.33. The van der Waals surface area contributed by atoms with Gasteiger partial charge in [-0.15, -0.1) is 0 Å². The third-order valence-electron chi connectivity index (χ3n) is 2.23. The molecule has 0 atom stereocenters. The zero-order chi connectivity index (χ0) is 12.3. The van der Waals surface area contributed by atoms with E-state index in [2.05, 4.69) is 5.32 Å². The zero-order valence-electron chi connectivity index (χ0n) is 8.81. The molecule has 0 aliphatic rings. The molecule has 1 heterocycles. The molecule has 5 heteroatoms. The van der Waals surface area contributed by atoms with Crippen LogP contribution < -0.4 is 5.32 Å². The van der Waals surface area contributed by atoms with Crippen molar-refractivity contribution in [2.75, 3.05) is 5.32 Å². The van der Waals surface area contributed by atoms with Gasteiger partial charge in [0.25, 0.3) is 0 Å². The first-order valence-electron chi connectivity index (χ1n) is 4.96. The van der Waals surface area contributed by atoms with Crippen LogP contribution in [0.3, 0.4) is 0 Å². The topological polar surface area (TPSA) is 62.5 Å². The second-order valence-electron chi connectivity index (χ2n) is 3.44. The number of nitrogens with one attached hydrogen (secondary N) is 1. The molecule has 4 nitrogen and oxygen atoms in total. The van der Waals surface area contributed by atoms with E-state index in [0.29, 0.717) is 17.3 Å². The van der Waals surface area contributed by atoms with E-state index >= 15 is 0 Å². The van der Waals surface area contributed by atoms with Crippen LogP contribution in [0.15, 0.2) is 41.0 Å². The number of hydrogen-bond donors (Lipinski definition) is 2. The Hall–Kier alpha value is -1.94. The molecule has 2 aromatic rings. The minimum absolute atomic E-state index is 0.140. The maximum Gasteiger partial charge on any atom is 0.338 e. The van der Waals surface area contributed by atoms with Crippen LogP contribution >= 0.6 is 11.6 Å².